The summed E-state index contributed by atoms with van der Waals surface area (Å²) in [5, 5.41) is 6.42. The number of carbonyl (C=O) groups is 3. The maximum absolute atomic E-state index is 14.4. The monoisotopic (exact) mass is 590 g/mol. The number of fused-ring (bicyclic) bond motifs is 1. The Kier molecular flexibility index (Phi) is 8.46. The molecule has 1 aliphatic carbocycles. The highest BCUT2D eigenvalue weighted by Gasteiger charge is 2.72. The summed E-state index contributed by atoms with van der Waals surface area (Å²) in [5.74, 6) is -0.643. The molecule has 1 spiro atoms. The first-order chi connectivity index (χ1) is 20.6. The van der Waals surface area contributed by atoms with Crippen molar-refractivity contribution in [1.29, 1.82) is 0 Å². The van der Waals surface area contributed by atoms with E-state index >= 15 is 0 Å². The topological polar surface area (TPSA) is 91.0 Å². The molecule has 0 aromatic heterocycles. The number of anilines is 1. The van der Waals surface area contributed by atoms with Crippen molar-refractivity contribution in [2.24, 2.45) is 23.7 Å². The van der Waals surface area contributed by atoms with Crippen LogP contribution >= 0.6 is 0 Å². The van der Waals surface area contributed by atoms with E-state index in [1.807, 2.05) is 36.4 Å². The number of carbonyl (C=O) groups excluding carboxylic acids is 3. The molecular weight excluding hydrogens is 540 g/mol. The van der Waals surface area contributed by atoms with Crippen molar-refractivity contribution in [3.05, 3.63) is 42.0 Å². The molecule has 3 amide bonds. The van der Waals surface area contributed by atoms with Gasteiger partial charge >= 0.3 is 0 Å². The van der Waals surface area contributed by atoms with Crippen molar-refractivity contribution in [2.45, 2.75) is 109 Å². The van der Waals surface area contributed by atoms with Crippen LogP contribution < -0.4 is 10.6 Å². The van der Waals surface area contributed by atoms with Crippen molar-refractivity contribution in [1.82, 2.24) is 15.1 Å². The minimum atomic E-state index is -1.13. The molecule has 1 aromatic rings. The fourth-order valence-electron chi connectivity index (χ4n) is 8.46. The van der Waals surface area contributed by atoms with E-state index < -0.39 is 29.6 Å². The highest BCUT2D eigenvalue weighted by atomic mass is 16.5. The van der Waals surface area contributed by atoms with Gasteiger partial charge in [-0.25, -0.2) is 0 Å². The van der Waals surface area contributed by atoms with Crippen molar-refractivity contribution < 1.29 is 19.1 Å². The Morgan fingerprint density at radius 1 is 1.00 bits per heavy atom. The Morgan fingerprint density at radius 3 is 2.49 bits per heavy atom. The van der Waals surface area contributed by atoms with Gasteiger partial charge in [0.05, 0.1) is 17.9 Å². The molecular formula is C35H50N4O4. The number of piperidine rings is 1. The van der Waals surface area contributed by atoms with E-state index in [1.165, 1.54) is 18.4 Å². The van der Waals surface area contributed by atoms with Gasteiger partial charge in [-0.05, 0) is 68.2 Å². The summed E-state index contributed by atoms with van der Waals surface area (Å²) in [6.45, 7) is 13.2. The van der Waals surface area contributed by atoms with Crippen LogP contribution in [0, 0.1) is 23.7 Å². The first kappa shape index (κ1) is 30.3. The standard InChI is InChI=1S/C35H50N4O4/c1-21(2)25-12-14-26(15-13-25)36-32(40)29-28-16-17-35(43-28)30(29)34(42)39(20-19-38-18-7-6-10-23(38)4)31(35)33(41)37-27-11-8-9-22(3)24(27)5/h12-17,21-24,27-31H,6-11,18-20H2,1-5H3,(H,36,40)(H,37,41). The van der Waals surface area contributed by atoms with Crippen molar-refractivity contribution >= 4 is 23.4 Å². The maximum Gasteiger partial charge on any atom is 0.246 e. The molecule has 2 bridgehead atoms. The molecule has 6 rings (SSSR count). The molecule has 4 heterocycles. The molecule has 9 unspecified atom stereocenters. The zero-order valence-corrected chi connectivity index (χ0v) is 26.6. The third-order valence-electron chi connectivity index (χ3n) is 11.4. The van der Waals surface area contributed by atoms with Crippen LogP contribution in [0.2, 0.25) is 0 Å². The summed E-state index contributed by atoms with van der Waals surface area (Å²) < 4.78 is 6.58. The number of nitrogens with one attached hydrogen (secondary N) is 2. The molecule has 8 heteroatoms. The lowest BCUT2D eigenvalue weighted by Crippen LogP contribution is -2.58. The van der Waals surface area contributed by atoms with Gasteiger partial charge in [0.2, 0.25) is 17.7 Å². The summed E-state index contributed by atoms with van der Waals surface area (Å²) in [6, 6.07) is 7.61. The van der Waals surface area contributed by atoms with Gasteiger partial charge in [0.25, 0.3) is 0 Å². The number of benzene rings is 1. The number of hydrogen-bond acceptors (Lipinski definition) is 5. The molecule has 2 N–H and O–H groups in total. The smallest absolute Gasteiger partial charge is 0.246 e. The fraction of sp³-hybridized carbons (Fsp3) is 0.686. The lowest BCUT2D eigenvalue weighted by Gasteiger charge is -2.39. The maximum atomic E-state index is 14.4. The minimum absolute atomic E-state index is 0.0706. The summed E-state index contributed by atoms with van der Waals surface area (Å²) in [4.78, 5) is 46.7. The van der Waals surface area contributed by atoms with Gasteiger partial charge in [0, 0.05) is 30.9 Å². The van der Waals surface area contributed by atoms with Gasteiger partial charge < -0.3 is 20.3 Å². The zero-order valence-electron chi connectivity index (χ0n) is 26.6. The molecule has 5 aliphatic rings. The largest absolute Gasteiger partial charge is 0.359 e. The normalized spacial score (nSPS) is 37.2. The Bertz CT molecular complexity index is 1250. The summed E-state index contributed by atoms with van der Waals surface area (Å²) in [7, 11) is 0. The van der Waals surface area contributed by atoms with E-state index in [2.05, 4.69) is 50.2 Å². The SMILES string of the molecule is CC(C)c1ccc(NC(=O)C2C3C=CC4(O3)C2C(=O)N(CCN2CCCCC2C)C4C(=O)NC2CCCC(C)C2C)cc1. The Balaban J connectivity index is 1.26. The summed E-state index contributed by atoms with van der Waals surface area (Å²) in [6.07, 6.45) is 10.0. The highest BCUT2D eigenvalue weighted by molar-refractivity contribution is 6.02. The number of likely N-dealkylation sites (tertiary alicyclic amines) is 2. The van der Waals surface area contributed by atoms with E-state index in [4.69, 9.17) is 4.74 Å². The minimum Gasteiger partial charge on any atom is -0.359 e. The molecule has 1 saturated carbocycles. The summed E-state index contributed by atoms with van der Waals surface area (Å²) in [5.41, 5.74) is 0.765. The molecule has 1 aromatic carbocycles. The first-order valence-electron chi connectivity index (χ1n) is 16.7. The van der Waals surface area contributed by atoms with Crippen LogP contribution in [0.25, 0.3) is 0 Å². The van der Waals surface area contributed by atoms with Gasteiger partial charge in [0.1, 0.15) is 11.6 Å². The fourth-order valence-corrected chi connectivity index (χ4v) is 8.46. The summed E-state index contributed by atoms with van der Waals surface area (Å²) >= 11 is 0. The lowest BCUT2D eigenvalue weighted by molar-refractivity contribution is -0.142. The average molecular weight is 591 g/mol. The Labute approximate surface area is 257 Å². The molecule has 43 heavy (non-hydrogen) atoms. The van der Waals surface area contributed by atoms with Gasteiger partial charge in [-0.3, -0.25) is 19.3 Å². The average Bonchev–Trinajstić information content (AvgIpc) is 3.62. The molecule has 9 atom stereocenters. The van der Waals surface area contributed by atoms with E-state index in [1.54, 1.807) is 4.90 Å². The molecule has 4 fully saturated rings. The Hall–Kier alpha value is -2.71. The van der Waals surface area contributed by atoms with Crippen LogP contribution in [0.1, 0.15) is 84.6 Å². The van der Waals surface area contributed by atoms with Gasteiger partial charge in [0.15, 0.2) is 0 Å². The molecule has 4 aliphatic heterocycles. The highest BCUT2D eigenvalue weighted by Crippen LogP contribution is 2.55. The van der Waals surface area contributed by atoms with Crippen LogP contribution in [0.15, 0.2) is 36.4 Å². The third-order valence-corrected chi connectivity index (χ3v) is 11.4. The number of nitrogens with zero attached hydrogens (tertiary/aromatic N) is 2. The van der Waals surface area contributed by atoms with Crippen LogP contribution in [-0.4, -0.2) is 77.0 Å². The Morgan fingerprint density at radius 2 is 1.77 bits per heavy atom. The van der Waals surface area contributed by atoms with Crippen molar-refractivity contribution in [3.8, 4) is 0 Å². The molecule has 0 radical (unpaired) electrons. The van der Waals surface area contributed by atoms with Gasteiger partial charge in [-0.1, -0.05) is 71.2 Å². The lowest BCUT2D eigenvalue weighted by atomic mass is 9.73. The quantitative estimate of drug-likeness (QED) is 0.428. The van der Waals surface area contributed by atoms with E-state index in [0.29, 0.717) is 42.6 Å². The number of hydrogen-bond donors (Lipinski definition) is 2. The predicted octanol–water partition coefficient (Wildman–Crippen LogP) is 4.71. The van der Waals surface area contributed by atoms with Gasteiger partial charge in [-0.2, -0.15) is 0 Å². The third kappa shape index (κ3) is 5.43. The number of ether oxygens (including phenoxy) is 1. The van der Waals surface area contributed by atoms with Crippen LogP contribution in [0.4, 0.5) is 5.69 Å². The van der Waals surface area contributed by atoms with Crippen LogP contribution in [0.3, 0.4) is 0 Å². The molecule has 234 valence electrons. The second-order valence-electron chi connectivity index (χ2n) is 14.3. The molecule has 8 nitrogen and oxygen atoms in total. The first-order valence-corrected chi connectivity index (χ1v) is 16.7. The second kappa shape index (κ2) is 12.0. The van der Waals surface area contributed by atoms with E-state index in [-0.39, 0.29) is 23.8 Å². The predicted molar refractivity (Wildman–Crippen MR) is 167 cm³/mol. The second-order valence-corrected chi connectivity index (χ2v) is 14.3. The number of rotatable bonds is 8. The molecule has 3 saturated heterocycles. The van der Waals surface area contributed by atoms with Crippen molar-refractivity contribution in [3.63, 3.8) is 0 Å². The number of amides is 3. The van der Waals surface area contributed by atoms with E-state index in [9.17, 15) is 14.4 Å². The van der Waals surface area contributed by atoms with E-state index in [0.717, 1.165) is 32.2 Å². The van der Waals surface area contributed by atoms with Crippen LogP contribution in [0.5, 0.6) is 0 Å². The van der Waals surface area contributed by atoms with Crippen molar-refractivity contribution in [2.75, 3.05) is 25.0 Å². The van der Waals surface area contributed by atoms with Crippen LogP contribution in [-0.2, 0) is 19.1 Å². The zero-order chi connectivity index (χ0) is 30.5. The van der Waals surface area contributed by atoms with Gasteiger partial charge in [-0.15, -0.1) is 0 Å².